The van der Waals surface area contributed by atoms with E-state index in [4.69, 9.17) is 16.2 Å². The number of aromatic amines is 1. The molecule has 0 bridgehead atoms. The van der Waals surface area contributed by atoms with Crippen molar-refractivity contribution in [1.82, 2.24) is 51.5 Å². The van der Waals surface area contributed by atoms with Crippen molar-refractivity contribution in [2.75, 3.05) is 26.7 Å². The fourth-order valence-corrected chi connectivity index (χ4v) is 12.0. The lowest BCUT2D eigenvalue weighted by molar-refractivity contribution is -0.145. The molecule has 0 aliphatic carbocycles. The average molecular weight is 1260 g/mol. The van der Waals surface area contributed by atoms with Crippen molar-refractivity contribution in [3.8, 4) is 11.5 Å². The number of ether oxygens (including phenoxy) is 1. The Morgan fingerprint density at radius 1 is 0.775 bits per heavy atom. The standard InChI is InChI=1S/C62H89N13O13S/c1-9-37(4)53(59(82)70-47(33-43-34-65-35-67-43)60(83)75-29-17-21-49(75)57(80)71-48(61(84)85)32-41-18-12-10-13-19-41)73-56(79)46(31-42-23-25-44(76)26-24-42)69-58(81)52(36(2)3)72-55(78)45(68-51(77)22-14-11-15-27-63)20-16-28-66-62(64)74-89(86,87)54-38(5)30-50(88-8)39(6)40(54)7/h10,12-13,18-19,23-26,30,34-37,45-49,52-53,76H,9,11,14-17,20-22,27-29,31-33,63H2,1-8H3,(H,65,67)(H,68,77)(H,69,81)(H,70,82)(H,71,80)(H,72,78)(H,73,79)(H,84,85)(H3,64,66,74)/t37-,45-,46-,47-,48-,49-,52-,53-/m0/s1. The number of amides is 7. The molecule has 0 saturated carbocycles. The highest BCUT2D eigenvalue weighted by atomic mass is 32.2. The third-order valence-corrected chi connectivity index (χ3v) is 17.4. The number of aliphatic carboxylic acids is 1. The van der Waals surface area contributed by atoms with E-state index >= 15 is 0 Å². The van der Waals surface area contributed by atoms with E-state index in [1.807, 2.05) is 0 Å². The Morgan fingerprint density at radius 3 is 2.04 bits per heavy atom. The van der Waals surface area contributed by atoms with Gasteiger partial charge in [0, 0.05) is 50.7 Å². The molecule has 1 saturated heterocycles. The van der Waals surface area contributed by atoms with Gasteiger partial charge in [0.25, 0.3) is 10.0 Å². The van der Waals surface area contributed by atoms with E-state index in [-0.39, 0.29) is 68.7 Å². The van der Waals surface area contributed by atoms with Crippen molar-refractivity contribution in [2.45, 2.75) is 173 Å². The smallest absolute Gasteiger partial charge is 0.326 e. The molecule has 1 fully saturated rings. The zero-order valence-corrected chi connectivity index (χ0v) is 52.8. The molecule has 26 nitrogen and oxygen atoms in total. The van der Waals surface area contributed by atoms with Crippen LogP contribution in [0.15, 0.2) is 83.1 Å². The number of nitrogens with one attached hydrogen (secondary N) is 8. The number of rotatable bonds is 34. The van der Waals surface area contributed by atoms with Crippen molar-refractivity contribution in [3.05, 3.63) is 107 Å². The number of methoxy groups -OCH3 is 1. The maximum atomic E-state index is 14.8. The number of carboxylic acid groups (broad SMARTS) is 1. The van der Waals surface area contributed by atoms with E-state index in [1.54, 1.807) is 97.0 Å². The summed E-state index contributed by atoms with van der Waals surface area (Å²) in [6.07, 6.45) is 5.58. The van der Waals surface area contributed by atoms with Gasteiger partial charge in [0.15, 0.2) is 0 Å². The number of likely N-dealkylation sites (tertiary alicyclic amines) is 1. The monoisotopic (exact) mass is 1260 g/mol. The number of aromatic hydroxyl groups is 1. The number of H-pyrrole nitrogens is 1. The second kappa shape index (κ2) is 34.2. The molecule has 4 aromatic rings. The Hall–Kier alpha value is -8.59. The number of imidazole rings is 1. The van der Waals surface area contributed by atoms with Gasteiger partial charge in [0.2, 0.25) is 47.3 Å². The molecule has 0 unspecified atom stereocenters. The number of aryl methyl sites for hydroxylation is 1. The van der Waals surface area contributed by atoms with Gasteiger partial charge in [-0.15, -0.1) is 0 Å². The quantitative estimate of drug-likeness (QED) is 0.0181. The van der Waals surface area contributed by atoms with Crippen molar-refractivity contribution >= 4 is 63.3 Å². The van der Waals surface area contributed by atoms with Gasteiger partial charge in [-0.3, -0.25) is 38.6 Å². The number of phenolic OH excluding ortho intramolecular Hbond substituents is 1. The molecule has 2 heterocycles. The minimum Gasteiger partial charge on any atom is -0.508 e. The second-order valence-electron chi connectivity index (χ2n) is 22.9. The van der Waals surface area contributed by atoms with E-state index in [0.29, 0.717) is 77.9 Å². The molecule has 1 aromatic heterocycles. The fourth-order valence-electron chi connectivity index (χ4n) is 10.5. The normalized spacial score (nSPS) is 15.7. The summed E-state index contributed by atoms with van der Waals surface area (Å²) in [6.45, 7) is 12.3. The lowest BCUT2D eigenvalue weighted by atomic mass is 9.96. The molecular formula is C62H89N13O13S. The zero-order valence-electron chi connectivity index (χ0n) is 52.0. The first-order chi connectivity index (χ1) is 42.3. The topological polar surface area (TPSA) is 401 Å². The summed E-state index contributed by atoms with van der Waals surface area (Å²) in [5, 5.41) is 36.7. The highest BCUT2D eigenvalue weighted by molar-refractivity contribution is 7.90. The molecule has 27 heteroatoms. The minimum atomic E-state index is -4.20. The molecule has 1 aliphatic heterocycles. The number of aromatic nitrogens is 2. The van der Waals surface area contributed by atoms with Gasteiger partial charge in [-0.25, -0.2) is 22.9 Å². The van der Waals surface area contributed by atoms with E-state index in [1.165, 1.54) is 36.7 Å². The summed E-state index contributed by atoms with van der Waals surface area (Å²) in [4.78, 5) is 125. The van der Waals surface area contributed by atoms with Crippen LogP contribution in [0.5, 0.6) is 11.5 Å². The summed E-state index contributed by atoms with van der Waals surface area (Å²) < 4.78 is 34.8. The van der Waals surface area contributed by atoms with Crippen LogP contribution in [-0.2, 0) is 67.6 Å². The largest absolute Gasteiger partial charge is 0.508 e. The van der Waals surface area contributed by atoms with Crippen LogP contribution >= 0.6 is 0 Å². The molecule has 0 spiro atoms. The summed E-state index contributed by atoms with van der Waals surface area (Å²) in [5.74, 6) is -7.27. The molecule has 5 rings (SSSR count). The second-order valence-corrected chi connectivity index (χ2v) is 24.5. The van der Waals surface area contributed by atoms with Crippen molar-refractivity contribution in [1.29, 1.82) is 0 Å². The maximum absolute atomic E-state index is 14.8. The molecule has 1 aliphatic rings. The highest BCUT2D eigenvalue weighted by Crippen LogP contribution is 2.30. The van der Waals surface area contributed by atoms with Crippen LogP contribution in [-0.4, -0.2) is 156 Å². The molecule has 3 aromatic carbocycles. The van der Waals surface area contributed by atoms with Crippen molar-refractivity contribution < 1.29 is 61.7 Å². The predicted octanol–water partition coefficient (Wildman–Crippen LogP) is 2.36. The third kappa shape index (κ3) is 21.0. The number of phenols is 1. The number of sulfonamides is 1. The Labute approximate surface area is 520 Å². The number of hydrogen-bond acceptors (Lipinski definition) is 15. The lowest BCUT2D eigenvalue weighted by Crippen LogP contribution is -2.62. The highest BCUT2D eigenvalue weighted by Gasteiger charge is 2.41. The fraction of sp³-hybridized carbons (Fsp3) is 0.516. The summed E-state index contributed by atoms with van der Waals surface area (Å²) in [6, 6.07) is 7.33. The van der Waals surface area contributed by atoms with Gasteiger partial charge in [-0.05, 0) is 124 Å². The first-order valence-electron chi connectivity index (χ1n) is 30.1. The number of carbonyl (C=O) groups excluding carboxylic acids is 7. The van der Waals surface area contributed by atoms with Gasteiger partial charge < -0.3 is 68.2 Å². The number of nitrogens with two attached hydrogens (primary N) is 2. The number of guanidine groups is 1. The molecular weight excluding hydrogens is 1170 g/mol. The number of aliphatic imine (C=N–C) groups is 1. The molecule has 8 atom stereocenters. The van der Waals surface area contributed by atoms with Gasteiger partial charge in [-0.1, -0.05) is 83.0 Å². The predicted molar refractivity (Wildman–Crippen MR) is 333 cm³/mol. The average Bonchev–Trinajstić information content (AvgIpc) is 1.90. The minimum absolute atomic E-state index is 0.00279. The van der Waals surface area contributed by atoms with Crippen LogP contribution in [0.25, 0.3) is 0 Å². The van der Waals surface area contributed by atoms with Crippen LogP contribution in [0.4, 0.5) is 0 Å². The Kier molecular flexibility index (Phi) is 27.4. The molecule has 14 N–H and O–H groups in total. The summed E-state index contributed by atoms with van der Waals surface area (Å²) in [5.41, 5.74) is 14.9. The van der Waals surface area contributed by atoms with Crippen LogP contribution in [0, 0.1) is 32.6 Å². The van der Waals surface area contributed by atoms with Gasteiger partial charge in [0.1, 0.15) is 53.8 Å². The number of hydrogen-bond donors (Lipinski definition) is 12. The van der Waals surface area contributed by atoms with Crippen LogP contribution in [0.1, 0.15) is 119 Å². The van der Waals surface area contributed by atoms with Gasteiger partial charge in [-0.2, -0.15) is 0 Å². The lowest BCUT2D eigenvalue weighted by Gasteiger charge is -2.32. The number of nitrogens with zero attached hydrogens (tertiary/aromatic N) is 3. The third-order valence-electron chi connectivity index (χ3n) is 15.8. The Balaban J connectivity index is 1.35. The number of unbranched alkanes of at least 4 members (excludes halogenated alkanes) is 2. The number of carbonyl (C=O) groups is 8. The van der Waals surface area contributed by atoms with E-state index in [2.05, 4.69) is 51.6 Å². The Morgan fingerprint density at radius 2 is 1.42 bits per heavy atom. The van der Waals surface area contributed by atoms with E-state index in [0.717, 1.165) is 0 Å². The molecule has 7 amide bonds. The zero-order chi connectivity index (χ0) is 65.5. The SMILES string of the molecule is CC[C@H](C)[C@H](NC(=O)[C@H](Cc1ccc(O)cc1)NC(=O)[C@@H](NC(=O)[C@H](CCCN=C(N)NS(=O)(=O)c1c(C)cc(OC)c(C)c1C)NC(=O)CCCCCN)C(C)C)C(=O)N[C@@H](Cc1cnc[nH]1)C(=O)N1CCC[C@H]1C(=O)N[C@@H](Cc1ccccc1)C(=O)O. The number of benzene rings is 3. The Bertz CT molecular complexity index is 3200. The van der Waals surface area contributed by atoms with E-state index < -0.39 is 117 Å². The summed E-state index contributed by atoms with van der Waals surface area (Å²) in [7, 11) is -2.71. The first-order valence-corrected chi connectivity index (χ1v) is 31.6. The molecule has 486 valence electrons. The van der Waals surface area contributed by atoms with E-state index in [9.17, 15) is 57.0 Å². The number of carboxylic acids is 1. The summed E-state index contributed by atoms with van der Waals surface area (Å²) >= 11 is 0. The maximum Gasteiger partial charge on any atom is 0.326 e. The first kappa shape index (κ1) is 71.2. The van der Waals surface area contributed by atoms with Crippen LogP contribution in [0.2, 0.25) is 0 Å². The van der Waals surface area contributed by atoms with Gasteiger partial charge in [0.05, 0.1) is 18.3 Å². The molecule has 89 heavy (non-hydrogen) atoms. The van der Waals surface area contributed by atoms with Crippen molar-refractivity contribution in [3.63, 3.8) is 0 Å². The van der Waals surface area contributed by atoms with Crippen LogP contribution in [0.3, 0.4) is 0 Å². The van der Waals surface area contributed by atoms with Crippen molar-refractivity contribution in [2.24, 2.45) is 28.3 Å². The van der Waals surface area contributed by atoms with Crippen LogP contribution < -0.4 is 52.8 Å². The molecule has 0 radical (unpaired) electrons. The van der Waals surface area contributed by atoms with Gasteiger partial charge >= 0.3 is 5.97 Å².